The Balaban J connectivity index is 2.45. The lowest BCUT2D eigenvalue weighted by molar-refractivity contribution is 0.0952. The maximum atomic E-state index is 11.4. The van der Waals surface area contributed by atoms with Crippen molar-refractivity contribution in [3.05, 3.63) is 34.9 Å². The number of carbonyl (C=O) groups is 1. The van der Waals surface area contributed by atoms with E-state index in [4.69, 9.17) is 5.84 Å². The van der Waals surface area contributed by atoms with E-state index in [0.29, 0.717) is 0 Å². The molecule has 0 saturated carbocycles. The van der Waals surface area contributed by atoms with Crippen molar-refractivity contribution >= 4 is 5.91 Å². The minimum Gasteiger partial charge on any atom is -0.290 e. The van der Waals surface area contributed by atoms with Crippen LogP contribution in [0.5, 0.6) is 0 Å². The van der Waals surface area contributed by atoms with Crippen molar-refractivity contribution in [3.8, 4) is 0 Å². The molecule has 74 valence electrons. The maximum absolute atomic E-state index is 11.4. The third-order valence-corrected chi connectivity index (χ3v) is 2.77. The minimum atomic E-state index is -0.177. The number of aryl methyl sites for hydroxylation is 1. The number of nitrogens with one attached hydrogen (secondary N) is 1. The zero-order valence-electron chi connectivity index (χ0n) is 8.05. The lowest BCUT2D eigenvalue weighted by atomic mass is 9.88. The SMILES string of the molecule is NNC(=O)c1cccc2c1CCCC2. The Bertz CT molecular complexity index is 360. The molecule has 0 fully saturated rings. The summed E-state index contributed by atoms with van der Waals surface area (Å²) in [6.07, 6.45) is 4.47. The van der Waals surface area contributed by atoms with E-state index in [1.165, 1.54) is 24.0 Å². The van der Waals surface area contributed by atoms with Gasteiger partial charge in [-0.2, -0.15) is 0 Å². The summed E-state index contributed by atoms with van der Waals surface area (Å²) in [5.74, 6) is 4.96. The second-order valence-corrected chi connectivity index (χ2v) is 3.62. The van der Waals surface area contributed by atoms with E-state index < -0.39 is 0 Å². The molecule has 14 heavy (non-hydrogen) atoms. The van der Waals surface area contributed by atoms with E-state index in [-0.39, 0.29) is 5.91 Å². The largest absolute Gasteiger partial charge is 0.290 e. The van der Waals surface area contributed by atoms with E-state index in [1.54, 1.807) is 0 Å². The van der Waals surface area contributed by atoms with Gasteiger partial charge in [-0.3, -0.25) is 10.2 Å². The van der Waals surface area contributed by atoms with E-state index in [1.807, 2.05) is 12.1 Å². The number of nitrogen functional groups attached to an aromatic ring is 1. The highest BCUT2D eigenvalue weighted by Gasteiger charge is 2.16. The van der Waals surface area contributed by atoms with Gasteiger partial charge < -0.3 is 0 Å². The molecule has 0 radical (unpaired) electrons. The lowest BCUT2D eigenvalue weighted by Gasteiger charge is -2.18. The number of hydrazine groups is 1. The van der Waals surface area contributed by atoms with Crippen LogP contribution in [-0.4, -0.2) is 5.91 Å². The molecule has 1 aromatic carbocycles. The van der Waals surface area contributed by atoms with Crippen LogP contribution >= 0.6 is 0 Å². The van der Waals surface area contributed by atoms with Crippen LogP contribution in [0.2, 0.25) is 0 Å². The van der Waals surface area contributed by atoms with Crippen LogP contribution in [0.1, 0.15) is 34.3 Å². The molecule has 0 saturated heterocycles. The van der Waals surface area contributed by atoms with Crippen LogP contribution in [0.25, 0.3) is 0 Å². The van der Waals surface area contributed by atoms with Gasteiger partial charge in [-0.15, -0.1) is 0 Å². The van der Waals surface area contributed by atoms with Gasteiger partial charge in [-0.05, 0) is 42.9 Å². The predicted molar refractivity (Wildman–Crippen MR) is 54.7 cm³/mol. The zero-order valence-corrected chi connectivity index (χ0v) is 8.05. The molecule has 1 aliphatic rings. The van der Waals surface area contributed by atoms with Gasteiger partial charge in [0.05, 0.1) is 0 Å². The summed E-state index contributed by atoms with van der Waals surface area (Å²) in [6.45, 7) is 0. The van der Waals surface area contributed by atoms with Crippen LogP contribution in [-0.2, 0) is 12.8 Å². The molecule has 1 amide bonds. The van der Waals surface area contributed by atoms with Gasteiger partial charge in [0.25, 0.3) is 5.91 Å². The Morgan fingerprint density at radius 3 is 2.86 bits per heavy atom. The quantitative estimate of drug-likeness (QED) is 0.397. The van der Waals surface area contributed by atoms with Crippen LogP contribution in [0, 0.1) is 0 Å². The van der Waals surface area contributed by atoms with Crippen molar-refractivity contribution in [2.24, 2.45) is 5.84 Å². The van der Waals surface area contributed by atoms with Gasteiger partial charge in [0.2, 0.25) is 0 Å². The highest BCUT2D eigenvalue weighted by Crippen LogP contribution is 2.24. The van der Waals surface area contributed by atoms with Crippen LogP contribution < -0.4 is 11.3 Å². The summed E-state index contributed by atoms with van der Waals surface area (Å²) < 4.78 is 0. The molecule has 3 nitrogen and oxygen atoms in total. The highest BCUT2D eigenvalue weighted by molar-refractivity contribution is 5.95. The molecular weight excluding hydrogens is 176 g/mol. The molecule has 3 N–H and O–H groups in total. The van der Waals surface area contributed by atoms with Crippen molar-refractivity contribution in [1.29, 1.82) is 0 Å². The summed E-state index contributed by atoms with van der Waals surface area (Å²) in [5.41, 5.74) is 5.42. The fourth-order valence-electron chi connectivity index (χ4n) is 2.07. The highest BCUT2D eigenvalue weighted by atomic mass is 16.2. The fraction of sp³-hybridized carbons (Fsp3) is 0.364. The first-order valence-corrected chi connectivity index (χ1v) is 4.94. The number of hydrogen-bond acceptors (Lipinski definition) is 2. The number of nitrogens with two attached hydrogens (primary N) is 1. The Labute approximate surface area is 83.3 Å². The average Bonchev–Trinajstić information content (AvgIpc) is 2.27. The van der Waals surface area contributed by atoms with Gasteiger partial charge in [-0.1, -0.05) is 12.1 Å². The second kappa shape index (κ2) is 3.80. The van der Waals surface area contributed by atoms with Crippen molar-refractivity contribution in [2.45, 2.75) is 25.7 Å². The van der Waals surface area contributed by atoms with Gasteiger partial charge in [0.1, 0.15) is 0 Å². The number of hydrogen-bond donors (Lipinski definition) is 2. The Kier molecular flexibility index (Phi) is 2.50. The van der Waals surface area contributed by atoms with Crippen LogP contribution in [0.15, 0.2) is 18.2 Å². The lowest BCUT2D eigenvalue weighted by Crippen LogP contribution is -2.31. The smallest absolute Gasteiger partial charge is 0.265 e. The van der Waals surface area contributed by atoms with Crippen molar-refractivity contribution in [2.75, 3.05) is 0 Å². The first-order chi connectivity index (χ1) is 6.83. The molecule has 3 heteroatoms. The molecular formula is C11H14N2O. The summed E-state index contributed by atoms with van der Waals surface area (Å²) in [6, 6.07) is 5.86. The molecule has 0 unspecified atom stereocenters. The molecule has 0 aliphatic heterocycles. The average molecular weight is 190 g/mol. The zero-order chi connectivity index (χ0) is 9.97. The molecule has 0 spiro atoms. The first-order valence-electron chi connectivity index (χ1n) is 4.94. The van der Waals surface area contributed by atoms with Crippen LogP contribution in [0.3, 0.4) is 0 Å². The standard InChI is InChI=1S/C11H14N2O/c12-13-11(14)10-7-3-5-8-4-1-2-6-9(8)10/h3,5,7H,1-2,4,6,12H2,(H,13,14). The van der Waals surface area contributed by atoms with E-state index in [0.717, 1.165) is 18.4 Å². The van der Waals surface area contributed by atoms with Crippen molar-refractivity contribution < 1.29 is 4.79 Å². The molecule has 0 bridgehead atoms. The molecule has 0 aromatic heterocycles. The van der Waals surface area contributed by atoms with E-state index in [9.17, 15) is 4.79 Å². The Morgan fingerprint density at radius 2 is 2.07 bits per heavy atom. The van der Waals surface area contributed by atoms with E-state index >= 15 is 0 Å². The summed E-state index contributed by atoms with van der Waals surface area (Å²) in [5, 5.41) is 0. The summed E-state index contributed by atoms with van der Waals surface area (Å²) in [7, 11) is 0. The Morgan fingerprint density at radius 1 is 1.29 bits per heavy atom. The molecule has 1 aliphatic carbocycles. The van der Waals surface area contributed by atoms with Gasteiger partial charge >= 0.3 is 0 Å². The Hall–Kier alpha value is -1.35. The third-order valence-electron chi connectivity index (χ3n) is 2.77. The number of amides is 1. The second-order valence-electron chi connectivity index (χ2n) is 3.62. The fourth-order valence-corrected chi connectivity index (χ4v) is 2.07. The molecule has 1 aromatic rings. The van der Waals surface area contributed by atoms with E-state index in [2.05, 4.69) is 11.5 Å². The minimum absolute atomic E-state index is 0.177. The van der Waals surface area contributed by atoms with Crippen molar-refractivity contribution in [3.63, 3.8) is 0 Å². The number of carbonyl (C=O) groups excluding carboxylic acids is 1. The number of fused-ring (bicyclic) bond motifs is 1. The van der Waals surface area contributed by atoms with Gasteiger partial charge in [-0.25, -0.2) is 5.84 Å². The topological polar surface area (TPSA) is 55.1 Å². The number of rotatable bonds is 1. The normalized spacial score (nSPS) is 14.6. The molecule has 0 heterocycles. The monoisotopic (exact) mass is 190 g/mol. The summed E-state index contributed by atoms with van der Waals surface area (Å²) in [4.78, 5) is 11.4. The molecule has 0 atom stereocenters. The molecule has 2 rings (SSSR count). The third kappa shape index (κ3) is 1.51. The van der Waals surface area contributed by atoms with Crippen LogP contribution in [0.4, 0.5) is 0 Å². The van der Waals surface area contributed by atoms with Gasteiger partial charge in [0, 0.05) is 5.56 Å². The maximum Gasteiger partial charge on any atom is 0.265 e. The summed E-state index contributed by atoms with van der Waals surface area (Å²) >= 11 is 0. The van der Waals surface area contributed by atoms with Crippen molar-refractivity contribution in [1.82, 2.24) is 5.43 Å². The predicted octanol–water partition coefficient (Wildman–Crippen LogP) is 1.17. The van der Waals surface area contributed by atoms with Gasteiger partial charge in [0.15, 0.2) is 0 Å². The first kappa shape index (κ1) is 9.21. The number of benzene rings is 1.